The van der Waals surface area contributed by atoms with Gasteiger partial charge in [-0.1, -0.05) is 11.6 Å². The summed E-state index contributed by atoms with van der Waals surface area (Å²) >= 11 is 7.02. The summed E-state index contributed by atoms with van der Waals surface area (Å²) in [7, 11) is 1.26. The van der Waals surface area contributed by atoms with Gasteiger partial charge in [0.15, 0.2) is 6.10 Å². The lowest BCUT2D eigenvalue weighted by Gasteiger charge is -2.18. The van der Waals surface area contributed by atoms with E-state index in [-0.39, 0.29) is 16.5 Å². The van der Waals surface area contributed by atoms with E-state index in [2.05, 4.69) is 5.32 Å². The van der Waals surface area contributed by atoms with Gasteiger partial charge in [0.2, 0.25) is 0 Å². The molecule has 1 aromatic carbocycles. The van der Waals surface area contributed by atoms with Crippen molar-refractivity contribution in [2.24, 2.45) is 0 Å². The van der Waals surface area contributed by atoms with E-state index in [0.717, 1.165) is 16.9 Å². The topological polar surface area (TPSA) is 84.9 Å². The van der Waals surface area contributed by atoms with Gasteiger partial charge in [-0.3, -0.25) is 9.59 Å². The number of hydrogen-bond acceptors (Lipinski definition) is 6. The van der Waals surface area contributed by atoms with Gasteiger partial charge in [0.05, 0.1) is 17.6 Å². The third-order valence-corrected chi connectivity index (χ3v) is 6.26. The second kappa shape index (κ2) is 10.6. The predicted molar refractivity (Wildman–Crippen MR) is 123 cm³/mol. The molecule has 1 N–H and O–H groups in total. The van der Waals surface area contributed by atoms with E-state index in [1.54, 1.807) is 36.9 Å². The van der Waals surface area contributed by atoms with Gasteiger partial charge in [-0.05, 0) is 63.9 Å². The van der Waals surface area contributed by atoms with Crippen molar-refractivity contribution in [1.82, 2.24) is 4.90 Å². The molecule has 1 atom stereocenters. The summed E-state index contributed by atoms with van der Waals surface area (Å²) in [5.74, 6) is -0.744. The molecule has 0 radical (unpaired) electrons. The fourth-order valence-electron chi connectivity index (χ4n) is 3.01. The number of nitrogens with one attached hydrogen (secondary N) is 1. The first-order valence-corrected chi connectivity index (χ1v) is 11.1. The summed E-state index contributed by atoms with van der Waals surface area (Å²) < 4.78 is 10.6. The first-order valence-electron chi connectivity index (χ1n) is 9.89. The Morgan fingerprint density at radius 2 is 1.84 bits per heavy atom. The summed E-state index contributed by atoms with van der Waals surface area (Å²) in [5.41, 5.74) is 1.44. The minimum atomic E-state index is -0.852. The van der Waals surface area contributed by atoms with Crippen LogP contribution in [0.1, 0.15) is 51.9 Å². The average Bonchev–Trinajstić information content (AvgIpc) is 3.05. The number of halogens is 1. The van der Waals surface area contributed by atoms with E-state index in [4.69, 9.17) is 21.1 Å². The van der Waals surface area contributed by atoms with E-state index in [1.165, 1.54) is 7.11 Å². The number of esters is 1. The first-order chi connectivity index (χ1) is 14.6. The van der Waals surface area contributed by atoms with Crippen molar-refractivity contribution in [3.05, 3.63) is 44.8 Å². The van der Waals surface area contributed by atoms with Crippen LogP contribution < -0.4 is 10.1 Å². The molecule has 0 bridgehead atoms. The number of thiophene rings is 1. The van der Waals surface area contributed by atoms with Crippen LogP contribution in [0.5, 0.6) is 5.75 Å². The third kappa shape index (κ3) is 5.57. The maximum absolute atomic E-state index is 12.9. The van der Waals surface area contributed by atoms with Gasteiger partial charge in [0, 0.05) is 18.1 Å². The smallest absolute Gasteiger partial charge is 0.341 e. The highest BCUT2D eigenvalue weighted by atomic mass is 35.5. The molecule has 31 heavy (non-hydrogen) atoms. The number of carbonyl (C=O) groups excluding carboxylic acids is 3. The zero-order valence-corrected chi connectivity index (χ0v) is 20.1. The highest BCUT2D eigenvalue weighted by Crippen LogP contribution is 2.35. The molecule has 0 saturated heterocycles. The normalized spacial score (nSPS) is 11.6. The molecule has 0 spiro atoms. The zero-order valence-electron chi connectivity index (χ0n) is 18.5. The number of amides is 2. The fraction of sp³-hybridized carbons (Fsp3) is 0.409. The van der Waals surface area contributed by atoms with Crippen LogP contribution in [-0.2, 0) is 9.53 Å². The van der Waals surface area contributed by atoms with Gasteiger partial charge in [-0.25, -0.2) is 4.79 Å². The molecule has 1 heterocycles. The Balaban J connectivity index is 2.31. The molecule has 0 aliphatic rings. The van der Waals surface area contributed by atoms with E-state index < -0.39 is 18.0 Å². The van der Waals surface area contributed by atoms with E-state index in [9.17, 15) is 14.4 Å². The van der Waals surface area contributed by atoms with Gasteiger partial charge in [-0.2, -0.15) is 0 Å². The number of carbonyl (C=O) groups is 3. The van der Waals surface area contributed by atoms with Crippen molar-refractivity contribution >= 4 is 45.7 Å². The Hall–Kier alpha value is -2.58. The van der Waals surface area contributed by atoms with Crippen LogP contribution in [0.15, 0.2) is 18.2 Å². The van der Waals surface area contributed by atoms with Crippen LogP contribution in [0.2, 0.25) is 5.02 Å². The molecule has 1 unspecified atom stereocenters. The van der Waals surface area contributed by atoms with Crippen molar-refractivity contribution in [3.8, 4) is 5.75 Å². The van der Waals surface area contributed by atoms with Crippen molar-refractivity contribution in [1.29, 1.82) is 0 Å². The molecular formula is C22H27ClN2O5S. The summed E-state index contributed by atoms with van der Waals surface area (Å²) in [5, 5.41) is 3.56. The Morgan fingerprint density at radius 1 is 1.19 bits per heavy atom. The van der Waals surface area contributed by atoms with Gasteiger partial charge in [-0.15, -0.1) is 11.3 Å². The number of methoxy groups -OCH3 is 1. The van der Waals surface area contributed by atoms with E-state index in [1.807, 2.05) is 20.8 Å². The maximum atomic E-state index is 12.9. The van der Waals surface area contributed by atoms with Crippen molar-refractivity contribution < 1.29 is 23.9 Å². The molecule has 2 aromatic rings. The molecule has 2 rings (SSSR count). The Bertz CT molecular complexity index is 985. The molecule has 0 aliphatic heterocycles. The minimum absolute atomic E-state index is 0.172. The Morgan fingerprint density at radius 3 is 2.39 bits per heavy atom. The summed E-state index contributed by atoms with van der Waals surface area (Å²) in [6.45, 7) is 9.93. The standard InChI is InChI=1S/C22H27ClN2O5S/c1-7-25(8-2)21(27)18-13(4)17(22(28)29-6)20(31-18)24-19(26)14(5)30-16-10-9-15(23)11-12(16)3/h9-11,14H,7-8H2,1-6H3,(H,24,26). The largest absolute Gasteiger partial charge is 0.481 e. The molecule has 0 aliphatic carbocycles. The lowest BCUT2D eigenvalue weighted by Crippen LogP contribution is -2.30. The second-order valence-electron chi connectivity index (χ2n) is 6.89. The summed E-state index contributed by atoms with van der Waals surface area (Å²) in [6.07, 6.45) is -0.852. The summed E-state index contributed by atoms with van der Waals surface area (Å²) in [4.78, 5) is 40.1. The number of hydrogen-bond donors (Lipinski definition) is 1. The number of nitrogens with zero attached hydrogens (tertiary/aromatic N) is 1. The van der Waals surface area contributed by atoms with Crippen molar-refractivity contribution in [2.75, 3.05) is 25.5 Å². The van der Waals surface area contributed by atoms with Crippen LogP contribution in [0.3, 0.4) is 0 Å². The van der Waals surface area contributed by atoms with Gasteiger partial charge >= 0.3 is 5.97 Å². The summed E-state index contributed by atoms with van der Waals surface area (Å²) in [6, 6.07) is 5.11. The number of rotatable bonds is 8. The highest BCUT2D eigenvalue weighted by Gasteiger charge is 2.29. The van der Waals surface area contributed by atoms with E-state index >= 15 is 0 Å². The SMILES string of the molecule is CCN(CC)C(=O)c1sc(NC(=O)C(C)Oc2ccc(Cl)cc2C)c(C(=O)OC)c1C. The van der Waals surface area contributed by atoms with Gasteiger partial charge in [0.25, 0.3) is 11.8 Å². The van der Waals surface area contributed by atoms with Crippen LogP contribution in [0.25, 0.3) is 0 Å². The Kier molecular flexibility index (Phi) is 8.47. The average molecular weight is 467 g/mol. The lowest BCUT2D eigenvalue weighted by atomic mass is 10.1. The fourth-order valence-corrected chi connectivity index (χ4v) is 4.40. The molecule has 9 heteroatoms. The number of aryl methyl sites for hydroxylation is 1. The first kappa shape index (κ1) is 24.7. The van der Waals surface area contributed by atoms with Crippen molar-refractivity contribution in [3.63, 3.8) is 0 Å². The third-order valence-electron chi connectivity index (χ3n) is 4.83. The maximum Gasteiger partial charge on any atom is 0.341 e. The highest BCUT2D eigenvalue weighted by molar-refractivity contribution is 7.18. The minimum Gasteiger partial charge on any atom is -0.481 e. The number of benzene rings is 1. The van der Waals surface area contributed by atoms with Crippen LogP contribution in [0, 0.1) is 13.8 Å². The Labute approximate surface area is 191 Å². The van der Waals surface area contributed by atoms with Crippen molar-refractivity contribution in [2.45, 2.75) is 40.7 Å². The van der Waals surface area contributed by atoms with Crippen LogP contribution in [0.4, 0.5) is 5.00 Å². The molecule has 168 valence electrons. The molecule has 7 nitrogen and oxygen atoms in total. The number of anilines is 1. The number of ether oxygens (including phenoxy) is 2. The lowest BCUT2D eigenvalue weighted by molar-refractivity contribution is -0.122. The molecular weight excluding hydrogens is 440 g/mol. The monoisotopic (exact) mass is 466 g/mol. The van der Waals surface area contributed by atoms with Crippen LogP contribution >= 0.6 is 22.9 Å². The second-order valence-corrected chi connectivity index (χ2v) is 8.35. The predicted octanol–water partition coefficient (Wildman–Crippen LogP) is 4.69. The van der Waals surface area contributed by atoms with Gasteiger partial charge < -0.3 is 19.7 Å². The zero-order chi connectivity index (χ0) is 23.3. The van der Waals surface area contributed by atoms with E-state index in [0.29, 0.717) is 34.3 Å². The molecule has 0 fully saturated rings. The molecule has 2 amide bonds. The quantitative estimate of drug-likeness (QED) is 0.570. The van der Waals surface area contributed by atoms with Gasteiger partial charge in [0.1, 0.15) is 10.8 Å². The molecule has 1 aromatic heterocycles. The molecule has 0 saturated carbocycles. The van der Waals surface area contributed by atoms with Crippen LogP contribution in [-0.4, -0.2) is 49.0 Å².